The first-order chi connectivity index (χ1) is 13.1. The molecule has 7 nitrogen and oxygen atoms in total. The van der Waals surface area contributed by atoms with Gasteiger partial charge in [-0.1, -0.05) is 12.1 Å². The third-order valence-corrected chi connectivity index (χ3v) is 4.83. The van der Waals surface area contributed by atoms with Crippen LogP contribution in [0.2, 0.25) is 0 Å². The maximum atomic E-state index is 11.9. The van der Waals surface area contributed by atoms with Crippen molar-refractivity contribution < 1.29 is 9.53 Å². The number of carbonyl (C=O) groups excluding carboxylic acids is 1. The van der Waals surface area contributed by atoms with Gasteiger partial charge < -0.3 is 25.2 Å². The lowest BCUT2D eigenvalue weighted by Crippen LogP contribution is -2.53. The van der Waals surface area contributed by atoms with Gasteiger partial charge >= 0.3 is 0 Å². The monoisotopic (exact) mass is 375 g/mol. The van der Waals surface area contributed by atoms with Crippen LogP contribution in [-0.2, 0) is 9.53 Å². The van der Waals surface area contributed by atoms with E-state index in [0.717, 1.165) is 38.7 Å². The Kier molecular flexibility index (Phi) is 8.39. The Bertz CT molecular complexity index is 639. The molecule has 0 saturated carbocycles. The Morgan fingerprint density at radius 1 is 1.19 bits per heavy atom. The van der Waals surface area contributed by atoms with Gasteiger partial charge in [0.1, 0.15) is 6.54 Å². The van der Waals surface area contributed by atoms with Crippen LogP contribution in [0.15, 0.2) is 23.2 Å². The summed E-state index contributed by atoms with van der Waals surface area (Å²) in [6.45, 7) is 11.9. The van der Waals surface area contributed by atoms with Gasteiger partial charge in [0.25, 0.3) is 0 Å². The molecular formula is C20H33N5O2. The van der Waals surface area contributed by atoms with Crippen LogP contribution in [-0.4, -0.2) is 76.3 Å². The molecule has 0 aliphatic carbocycles. The number of carbonyl (C=O) groups is 1. The van der Waals surface area contributed by atoms with Crippen molar-refractivity contribution in [2.24, 2.45) is 4.99 Å². The minimum absolute atomic E-state index is 0.0866. The van der Waals surface area contributed by atoms with Gasteiger partial charge in [0.05, 0.1) is 6.61 Å². The second kappa shape index (κ2) is 10.8. The zero-order chi connectivity index (χ0) is 19.6. The Labute approximate surface area is 162 Å². The average molecular weight is 376 g/mol. The van der Waals surface area contributed by atoms with Gasteiger partial charge in [0.2, 0.25) is 5.91 Å². The summed E-state index contributed by atoms with van der Waals surface area (Å²) >= 11 is 0. The Balaban J connectivity index is 1.93. The van der Waals surface area contributed by atoms with Gasteiger partial charge in [-0.25, -0.2) is 4.99 Å². The number of aliphatic imine (C=N–C) groups is 1. The number of ether oxygens (including phenoxy) is 1. The standard InChI is InChI=1S/C20H33N5O2/c1-5-21-20(23-15-19(26)22-9-14-27-4)25-12-10-24(11-13-25)18-8-6-7-16(2)17(18)3/h6-8H,5,9-15H2,1-4H3,(H,21,23)(H,22,26). The van der Waals surface area contributed by atoms with Crippen LogP contribution in [0.1, 0.15) is 18.1 Å². The molecule has 0 aromatic heterocycles. The van der Waals surface area contributed by atoms with Crippen molar-refractivity contribution in [2.45, 2.75) is 20.8 Å². The van der Waals surface area contributed by atoms with Gasteiger partial charge in [-0.2, -0.15) is 0 Å². The van der Waals surface area contributed by atoms with Crippen molar-refractivity contribution in [1.29, 1.82) is 0 Å². The largest absolute Gasteiger partial charge is 0.383 e. The predicted octanol–water partition coefficient (Wildman–Crippen LogP) is 1.15. The molecule has 0 radical (unpaired) electrons. The smallest absolute Gasteiger partial charge is 0.241 e. The number of anilines is 1. The minimum Gasteiger partial charge on any atom is -0.383 e. The Morgan fingerprint density at radius 2 is 1.93 bits per heavy atom. The predicted molar refractivity (Wildman–Crippen MR) is 111 cm³/mol. The molecule has 1 aliphatic rings. The van der Waals surface area contributed by atoms with Crippen LogP contribution < -0.4 is 15.5 Å². The van der Waals surface area contributed by atoms with Crippen LogP contribution in [0.3, 0.4) is 0 Å². The first-order valence-electron chi connectivity index (χ1n) is 9.66. The third-order valence-electron chi connectivity index (χ3n) is 4.83. The molecule has 0 spiro atoms. The number of aryl methyl sites for hydroxylation is 1. The number of nitrogens with zero attached hydrogens (tertiary/aromatic N) is 3. The molecule has 1 fully saturated rings. The van der Waals surface area contributed by atoms with Gasteiger partial charge in [-0.05, 0) is 38.0 Å². The lowest BCUT2D eigenvalue weighted by atomic mass is 10.1. The summed E-state index contributed by atoms with van der Waals surface area (Å²) in [7, 11) is 1.62. The third kappa shape index (κ3) is 6.13. The summed E-state index contributed by atoms with van der Waals surface area (Å²) in [5.74, 6) is 0.719. The molecule has 0 atom stereocenters. The molecule has 1 aromatic carbocycles. The summed E-state index contributed by atoms with van der Waals surface area (Å²) in [4.78, 5) is 21.1. The summed E-state index contributed by atoms with van der Waals surface area (Å²) in [6.07, 6.45) is 0. The lowest BCUT2D eigenvalue weighted by Gasteiger charge is -2.38. The number of guanidine groups is 1. The summed E-state index contributed by atoms with van der Waals surface area (Å²) in [5, 5.41) is 6.10. The number of amides is 1. The zero-order valence-electron chi connectivity index (χ0n) is 17.0. The molecule has 7 heteroatoms. The first-order valence-corrected chi connectivity index (χ1v) is 9.66. The van der Waals surface area contributed by atoms with Crippen molar-refractivity contribution in [3.8, 4) is 0 Å². The van der Waals surface area contributed by atoms with E-state index in [9.17, 15) is 4.79 Å². The van der Waals surface area contributed by atoms with Crippen LogP contribution in [0.25, 0.3) is 0 Å². The van der Waals surface area contributed by atoms with Crippen LogP contribution in [0, 0.1) is 13.8 Å². The highest BCUT2D eigenvalue weighted by molar-refractivity contribution is 5.85. The van der Waals surface area contributed by atoms with Crippen LogP contribution in [0.5, 0.6) is 0 Å². The molecule has 2 N–H and O–H groups in total. The molecule has 27 heavy (non-hydrogen) atoms. The highest BCUT2D eigenvalue weighted by atomic mass is 16.5. The second-order valence-electron chi connectivity index (χ2n) is 6.71. The van der Waals surface area contributed by atoms with Crippen LogP contribution in [0.4, 0.5) is 5.69 Å². The molecule has 1 aliphatic heterocycles. The number of hydrogen-bond acceptors (Lipinski definition) is 4. The number of hydrogen-bond donors (Lipinski definition) is 2. The Morgan fingerprint density at radius 3 is 2.59 bits per heavy atom. The summed E-state index contributed by atoms with van der Waals surface area (Å²) in [5.41, 5.74) is 3.98. The van der Waals surface area contributed by atoms with Crippen molar-refractivity contribution in [3.63, 3.8) is 0 Å². The molecular weight excluding hydrogens is 342 g/mol. The van der Waals surface area contributed by atoms with Crippen LogP contribution >= 0.6 is 0 Å². The number of nitrogens with one attached hydrogen (secondary N) is 2. The van der Waals surface area contributed by atoms with E-state index in [-0.39, 0.29) is 12.5 Å². The highest BCUT2D eigenvalue weighted by Crippen LogP contribution is 2.23. The zero-order valence-corrected chi connectivity index (χ0v) is 17.0. The van der Waals surface area contributed by atoms with E-state index in [1.165, 1.54) is 16.8 Å². The molecule has 1 heterocycles. The number of rotatable bonds is 7. The maximum absolute atomic E-state index is 11.9. The lowest BCUT2D eigenvalue weighted by molar-refractivity contribution is -0.119. The normalized spacial score (nSPS) is 15.0. The van der Waals surface area contributed by atoms with E-state index >= 15 is 0 Å². The number of benzene rings is 1. The topological polar surface area (TPSA) is 69.2 Å². The first kappa shape index (κ1) is 21.0. The van der Waals surface area contributed by atoms with E-state index in [0.29, 0.717) is 13.2 Å². The second-order valence-corrected chi connectivity index (χ2v) is 6.71. The molecule has 1 aromatic rings. The van der Waals surface area contributed by atoms with Gasteiger partial charge in [0, 0.05) is 52.1 Å². The van der Waals surface area contributed by atoms with E-state index in [2.05, 4.69) is 57.5 Å². The molecule has 1 saturated heterocycles. The van der Waals surface area contributed by atoms with Crippen molar-refractivity contribution in [1.82, 2.24) is 15.5 Å². The molecule has 0 unspecified atom stereocenters. The summed E-state index contributed by atoms with van der Waals surface area (Å²) in [6, 6.07) is 6.47. The molecule has 1 amide bonds. The SMILES string of the molecule is CCNC(=NCC(=O)NCCOC)N1CCN(c2cccc(C)c2C)CC1. The van der Waals surface area contributed by atoms with Gasteiger partial charge in [-0.15, -0.1) is 0 Å². The molecule has 150 valence electrons. The fourth-order valence-corrected chi connectivity index (χ4v) is 3.16. The maximum Gasteiger partial charge on any atom is 0.241 e. The fourth-order valence-electron chi connectivity index (χ4n) is 3.16. The minimum atomic E-state index is -0.0866. The number of methoxy groups -OCH3 is 1. The van der Waals surface area contributed by atoms with Gasteiger partial charge in [-0.3, -0.25) is 4.79 Å². The van der Waals surface area contributed by atoms with E-state index in [1.54, 1.807) is 7.11 Å². The Hall–Kier alpha value is -2.28. The van der Waals surface area contributed by atoms with E-state index < -0.39 is 0 Å². The quantitative estimate of drug-likeness (QED) is 0.425. The van der Waals surface area contributed by atoms with Crippen molar-refractivity contribution in [3.05, 3.63) is 29.3 Å². The summed E-state index contributed by atoms with van der Waals surface area (Å²) < 4.78 is 4.94. The molecule has 0 bridgehead atoms. The van der Waals surface area contributed by atoms with Gasteiger partial charge in [0.15, 0.2) is 5.96 Å². The highest BCUT2D eigenvalue weighted by Gasteiger charge is 2.21. The van der Waals surface area contributed by atoms with E-state index in [1.807, 2.05) is 6.92 Å². The average Bonchev–Trinajstić information content (AvgIpc) is 2.68. The van der Waals surface area contributed by atoms with Crippen molar-refractivity contribution in [2.75, 3.05) is 64.4 Å². The van der Waals surface area contributed by atoms with E-state index in [4.69, 9.17) is 4.74 Å². The van der Waals surface area contributed by atoms with Crippen molar-refractivity contribution >= 4 is 17.6 Å². The molecule has 2 rings (SSSR count). The fraction of sp³-hybridized carbons (Fsp3) is 0.600. The number of piperazine rings is 1.